The lowest BCUT2D eigenvalue weighted by atomic mass is 10.2. The Labute approximate surface area is 56.2 Å². The Balaban J connectivity index is 2.53. The third-order valence-corrected chi connectivity index (χ3v) is 1.43. The molecule has 1 rings (SSSR count). The van der Waals surface area contributed by atoms with E-state index in [4.69, 9.17) is 10.2 Å². The number of rotatable bonds is 1. The molecule has 0 aromatic heterocycles. The van der Waals surface area contributed by atoms with Crippen molar-refractivity contribution in [3.63, 3.8) is 0 Å². The van der Waals surface area contributed by atoms with Crippen LogP contribution in [0.4, 0.5) is 8.78 Å². The molecule has 60 valence electrons. The van der Waals surface area contributed by atoms with E-state index in [9.17, 15) is 8.78 Å². The monoisotopic (exact) mass is 154 g/mol. The lowest BCUT2D eigenvalue weighted by Gasteiger charge is -2.05. The zero-order chi connectivity index (χ0) is 7.72. The van der Waals surface area contributed by atoms with E-state index in [1.54, 1.807) is 0 Å². The highest BCUT2D eigenvalue weighted by Gasteiger charge is 2.44. The van der Waals surface area contributed by atoms with Crippen LogP contribution in [0.1, 0.15) is 0 Å². The van der Waals surface area contributed by atoms with Gasteiger partial charge in [0.2, 0.25) is 0 Å². The molecule has 1 fully saturated rings. The first-order chi connectivity index (χ1) is 4.66. The van der Waals surface area contributed by atoms with Crippen LogP contribution < -0.4 is 0 Å². The normalized spacial score (nSPS) is 48.0. The Morgan fingerprint density at radius 3 is 2.10 bits per heavy atom. The fraction of sp³-hybridized carbons (Fsp3) is 1.00. The average molecular weight is 154 g/mol. The van der Waals surface area contributed by atoms with Crippen molar-refractivity contribution in [1.29, 1.82) is 0 Å². The van der Waals surface area contributed by atoms with Crippen LogP contribution in [-0.4, -0.2) is 41.6 Å². The second kappa shape index (κ2) is 2.77. The Morgan fingerprint density at radius 2 is 1.90 bits per heavy atom. The predicted octanol–water partition coefficient (Wildman–Crippen LogP) is -0.628. The summed E-state index contributed by atoms with van der Waals surface area (Å²) in [6, 6.07) is 0. The van der Waals surface area contributed by atoms with Gasteiger partial charge in [-0.25, -0.2) is 8.78 Å². The van der Waals surface area contributed by atoms with Gasteiger partial charge in [-0.3, -0.25) is 0 Å². The Kier molecular flexibility index (Phi) is 2.18. The van der Waals surface area contributed by atoms with E-state index in [1.165, 1.54) is 0 Å². The Bertz CT molecular complexity index is 121. The minimum atomic E-state index is -2.03. The summed E-state index contributed by atoms with van der Waals surface area (Å²) in [4.78, 5) is 0. The van der Waals surface area contributed by atoms with Crippen LogP contribution in [-0.2, 0) is 4.74 Å². The highest BCUT2D eigenvalue weighted by Crippen LogP contribution is 2.24. The molecule has 0 unspecified atom stereocenters. The topological polar surface area (TPSA) is 49.7 Å². The zero-order valence-corrected chi connectivity index (χ0v) is 5.08. The van der Waals surface area contributed by atoms with Gasteiger partial charge in [-0.2, -0.15) is 0 Å². The second-order valence-corrected chi connectivity index (χ2v) is 2.14. The quantitative estimate of drug-likeness (QED) is 0.528. The maximum absolute atomic E-state index is 12.4. The molecule has 1 saturated heterocycles. The molecule has 0 amide bonds. The molecule has 3 nitrogen and oxygen atoms in total. The zero-order valence-electron chi connectivity index (χ0n) is 5.08. The van der Waals surface area contributed by atoms with Crippen molar-refractivity contribution in [3.05, 3.63) is 0 Å². The van der Waals surface area contributed by atoms with Gasteiger partial charge in [0.25, 0.3) is 0 Å². The first-order valence-electron chi connectivity index (χ1n) is 2.89. The standard InChI is InChI=1S/C5H8F2O3/c6-3-2(1-8)10-5(9)4(3)7/h2-5,8-9H,1H2/t2-,3-,4+,5+/m1/s1. The van der Waals surface area contributed by atoms with E-state index in [2.05, 4.69) is 4.74 Å². The number of ether oxygens (including phenoxy) is 1. The molecule has 0 bridgehead atoms. The largest absolute Gasteiger partial charge is 0.394 e. The van der Waals surface area contributed by atoms with Gasteiger partial charge < -0.3 is 14.9 Å². The molecule has 10 heavy (non-hydrogen) atoms. The molecule has 0 aromatic carbocycles. The smallest absolute Gasteiger partial charge is 0.189 e. The molecule has 0 spiro atoms. The van der Waals surface area contributed by atoms with Gasteiger partial charge in [0, 0.05) is 0 Å². The van der Waals surface area contributed by atoms with Crippen LogP contribution >= 0.6 is 0 Å². The van der Waals surface area contributed by atoms with Crippen molar-refractivity contribution in [1.82, 2.24) is 0 Å². The summed E-state index contributed by atoms with van der Waals surface area (Å²) in [5.41, 5.74) is 0. The third-order valence-electron chi connectivity index (χ3n) is 1.43. The maximum atomic E-state index is 12.4. The van der Waals surface area contributed by atoms with Gasteiger partial charge in [0.1, 0.15) is 6.10 Å². The summed E-state index contributed by atoms with van der Waals surface area (Å²) in [6.45, 7) is -0.612. The van der Waals surface area contributed by atoms with Crippen LogP contribution in [0.3, 0.4) is 0 Å². The summed E-state index contributed by atoms with van der Waals surface area (Å²) in [5.74, 6) is 0. The van der Waals surface area contributed by atoms with Crippen molar-refractivity contribution >= 4 is 0 Å². The van der Waals surface area contributed by atoms with Gasteiger partial charge in [-0.15, -0.1) is 0 Å². The predicted molar refractivity (Wildman–Crippen MR) is 27.8 cm³/mol. The minimum Gasteiger partial charge on any atom is -0.394 e. The number of alkyl halides is 2. The van der Waals surface area contributed by atoms with E-state index in [-0.39, 0.29) is 0 Å². The van der Waals surface area contributed by atoms with E-state index in [0.717, 1.165) is 0 Å². The number of aliphatic hydroxyl groups is 2. The van der Waals surface area contributed by atoms with Crippen molar-refractivity contribution in [2.75, 3.05) is 6.61 Å². The lowest BCUT2D eigenvalue weighted by Crippen LogP contribution is -2.26. The van der Waals surface area contributed by atoms with Crippen LogP contribution in [0, 0.1) is 0 Å². The minimum absolute atomic E-state index is 0.612. The molecule has 0 aliphatic carbocycles. The van der Waals surface area contributed by atoms with Gasteiger partial charge in [-0.05, 0) is 0 Å². The Morgan fingerprint density at radius 1 is 1.30 bits per heavy atom. The number of aliphatic hydroxyl groups excluding tert-OH is 2. The average Bonchev–Trinajstić information content (AvgIpc) is 2.17. The molecular weight excluding hydrogens is 146 g/mol. The third kappa shape index (κ3) is 1.12. The highest BCUT2D eigenvalue weighted by atomic mass is 19.2. The van der Waals surface area contributed by atoms with E-state index in [1.807, 2.05) is 0 Å². The molecule has 1 aliphatic heterocycles. The van der Waals surface area contributed by atoms with Crippen molar-refractivity contribution in [2.24, 2.45) is 0 Å². The fourth-order valence-corrected chi connectivity index (χ4v) is 0.835. The molecule has 0 radical (unpaired) electrons. The van der Waals surface area contributed by atoms with Crippen molar-refractivity contribution in [3.8, 4) is 0 Å². The maximum Gasteiger partial charge on any atom is 0.189 e. The van der Waals surface area contributed by atoms with E-state index >= 15 is 0 Å². The Hall–Kier alpha value is -0.260. The van der Waals surface area contributed by atoms with Gasteiger partial charge in [-0.1, -0.05) is 0 Å². The summed E-state index contributed by atoms with van der Waals surface area (Å²) >= 11 is 0. The summed E-state index contributed by atoms with van der Waals surface area (Å²) in [5, 5.41) is 16.9. The van der Waals surface area contributed by atoms with Crippen LogP contribution in [0.25, 0.3) is 0 Å². The SMILES string of the molecule is OC[C@H]1O[C@H](O)[C@@H](F)[C@@H]1F. The number of halogens is 2. The van der Waals surface area contributed by atoms with Crippen molar-refractivity contribution in [2.45, 2.75) is 24.7 Å². The summed E-state index contributed by atoms with van der Waals surface area (Å²) in [7, 11) is 0. The second-order valence-electron chi connectivity index (χ2n) is 2.14. The van der Waals surface area contributed by atoms with E-state index in [0.29, 0.717) is 0 Å². The van der Waals surface area contributed by atoms with E-state index < -0.39 is 31.3 Å². The van der Waals surface area contributed by atoms with Gasteiger partial charge >= 0.3 is 0 Å². The lowest BCUT2D eigenvalue weighted by molar-refractivity contribution is -0.120. The fourth-order valence-electron chi connectivity index (χ4n) is 0.835. The van der Waals surface area contributed by atoms with Crippen LogP contribution in [0.15, 0.2) is 0 Å². The van der Waals surface area contributed by atoms with Crippen molar-refractivity contribution < 1.29 is 23.7 Å². The molecule has 2 N–H and O–H groups in total. The van der Waals surface area contributed by atoms with Gasteiger partial charge in [0.05, 0.1) is 6.61 Å². The molecule has 0 aromatic rings. The molecule has 5 heteroatoms. The first-order valence-corrected chi connectivity index (χ1v) is 2.89. The summed E-state index contributed by atoms with van der Waals surface area (Å²) < 4.78 is 29.0. The number of hydrogen-bond donors (Lipinski definition) is 2. The molecule has 1 heterocycles. The summed E-state index contributed by atoms with van der Waals surface area (Å²) in [6.07, 6.45) is -6.89. The van der Waals surface area contributed by atoms with Crippen LogP contribution in [0.5, 0.6) is 0 Å². The van der Waals surface area contributed by atoms with Gasteiger partial charge in [0.15, 0.2) is 18.6 Å². The first kappa shape index (κ1) is 7.84. The number of hydrogen-bond acceptors (Lipinski definition) is 3. The van der Waals surface area contributed by atoms with Crippen LogP contribution in [0.2, 0.25) is 0 Å². The highest BCUT2D eigenvalue weighted by molar-refractivity contribution is 4.85. The molecule has 0 saturated carbocycles. The molecule has 1 aliphatic rings. The molecule has 4 atom stereocenters. The molecular formula is C5H8F2O3.